The maximum absolute atomic E-state index is 10.2. The van der Waals surface area contributed by atoms with E-state index < -0.39 is 0 Å². The molecule has 0 aliphatic rings. The van der Waals surface area contributed by atoms with E-state index in [1.165, 1.54) is 11.3 Å². The number of hydrogen-bond donors (Lipinski definition) is 0. The first-order valence-corrected chi connectivity index (χ1v) is 14.2. The number of nitriles is 1. The fraction of sp³-hybridized carbons (Fsp3) is 0.0588. The van der Waals surface area contributed by atoms with E-state index in [1.807, 2.05) is 103 Å². The third-order valence-corrected chi connectivity index (χ3v) is 8.05. The first kappa shape index (κ1) is 25.4. The molecule has 8 heteroatoms. The van der Waals surface area contributed by atoms with Crippen LogP contribution >= 0.6 is 11.3 Å². The highest BCUT2D eigenvalue weighted by atomic mass is 32.1. The number of nitrogens with zero attached hydrogens (tertiary/aromatic N) is 7. The number of rotatable bonds is 5. The van der Waals surface area contributed by atoms with Crippen molar-refractivity contribution in [3.8, 4) is 39.7 Å². The molecule has 0 unspecified atom stereocenters. The van der Waals surface area contributed by atoms with Crippen LogP contribution in [0.4, 0.5) is 11.4 Å². The Morgan fingerprint density at radius 3 is 2.02 bits per heavy atom. The minimum Gasteiger partial charge on any atom is -0.237 e. The summed E-state index contributed by atoms with van der Waals surface area (Å²) in [6.45, 7) is 3.85. The van der Waals surface area contributed by atoms with Crippen LogP contribution in [0.25, 0.3) is 49.5 Å². The molecule has 0 aliphatic carbocycles. The van der Waals surface area contributed by atoms with Crippen LogP contribution < -0.4 is 0 Å². The maximum atomic E-state index is 10.2. The van der Waals surface area contributed by atoms with Gasteiger partial charge in [-0.25, -0.2) is 14.5 Å². The highest BCUT2D eigenvalue weighted by Gasteiger charge is 2.21. The van der Waals surface area contributed by atoms with Gasteiger partial charge in [0.2, 0.25) is 0 Å². The minimum absolute atomic E-state index is 0.451. The van der Waals surface area contributed by atoms with Gasteiger partial charge in [0.1, 0.15) is 21.5 Å². The second-order valence-corrected chi connectivity index (χ2v) is 10.9. The van der Waals surface area contributed by atoms with Gasteiger partial charge in [-0.3, -0.25) is 0 Å². The summed E-state index contributed by atoms with van der Waals surface area (Å²) in [5, 5.41) is 25.1. The van der Waals surface area contributed by atoms with Crippen LogP contribution in [-0.4, -0.2) is 19.6 Å². The SMILES string of the molecule is Cc1cc(-c2ccccc2)n2nc(C)c(N=Nc3c(C#N)sc4nc(-c5ccccc5)cc(-c5ccccc5)c34)c2n1. The van der Waals surface area contributed by atoms with Gasteiger partial charge >= 0.3 is 0 Å². The summed E-state index contributed by atoms with van der Waals surface area (Å²) in [4.78, 5) is 10.9. The van der Waals surface area contributed by atoms with Crippen LogP contribution in [-0.2, 0) is 0 Å². The zero-order valence-electron chi connectivity index (χ0n) is 22.9. The Bertz CT molecular complexity index is 2160. The quantitative estimate of drug-likeness (QED) is 0.196. The van der Waals surface area contributed by atoms with Crippen molar-refractivity contribution in [2.24, 2.45) is 10.2 Å². The Balaban J connectivity index is 1.44. The van der Waals surface area contributed by atoms with Crippen LogP contribution in [0.3, 0.4) is 0 Å². The van der Waals surface area contributed by atoms with Crippen molar-refractivity contribution in [2.45, 2.75) is 13.8 Å². The smallest absolute Gasteiger partial charge is 0.184 e. The lowest BCUT2D eigenvalue weighted by Gasteiger charge is -2.08. The molecule has 0 amide bonds. The molecule has 42 heavy (non-hydrogen) atoms. The van der Waals surface area contributed by atoms with E-state index in [1.54, 1.807) is 0 Å². The predicted octanol–water partition coefficient (Wildman–Crippen LogP) is 9.24. The van der Waals surface area contributed by atoms with Crippen LogP contribution in [0.2, 0.25) is 0 Å². The molecule has 4 aromatic heterocycles. The second-order valence-electron chi connectivity index (χ2n) is 9.88. The fourth-order valence-electron chi connectivity index (χ4n) is 5.12. The Hall–Kier alpha value is -5.52. The predicted molar refractivity (Wildman–Crippen MR) is 167 cm³/mol. The van der Waals surface area contributed by atoms with Gasteiger partial charge < -0.3 is 0 Å². The molecule has 0 atom stereocenters. The van der Waals surface area contributed by atoms with Crippen molar-refractivity contribution in [3.05, 3.63) is 119 Å². The summed E-state index contributed by atoms with van der Waals surface area (Å²) in [7, 11) is 0. The number of aryl methyl sites for hydroxylation is 2. The van der Waals surface area contributed by atoms with Crippen molar-refractivity contribution in [3.63, 3.8) is 0 Å². The van der Waals surface area contributed by atoms with E-state index in [9.17, 15) is 5.26 Å². The average Bonchev–Trinajstić information content (AvgIpc) is 3.56. The molecular weight excluding hydrogens is 538 g/mol. The topological polar surface area (TPSA) is 91.6 Å². The molecule has 0 spiro atoms. The zero-order chi connectivity index (χ0) is 28.6. The van der Waals surface area contributed by atoms with Crippen LogP contribution in [0.5, 0.6) is 0 Å². The van der Waals surface area contributed by atoms with Crippen LogP contribution in [0.15, 0.2) is 113 Å². The molecule has 4 heterocycles. The summed E-state index contributed by atoms with van der Waals surface area (Å²) < 4.78 is 1.81. The minimum atomic E-state index is 0.451. The molecular formula is C34H23N7S. The van der Waals surface area contributed by atoms with Gasteiger partial charge in [-0.05, 0) is 37.1 Å². The lowest BCUT2D eigenvalue weighted by atomic mass is 9.99. The van der Waals surface area contributed by atoms with Crippen LogP contribution in [0, 0.1) is 25.2 Å². The number of benzene rings is 3. The molecule has 0 radical (unpaired) electrons. The van der Waals surface area contributed by atoms with Crippen molar-refractivity contribution in [2.75, 3.05) is 0 Å². The third kappa shape index (κ3) is 4.42. The molecule has 3 aromatic carbocycles. The standard InChI is InChI=1S/C34H23N7S/c1-21-18-28(25-16-10-5-11-17-25)41-33(36-21)31(22(2)40-41)38-39-32-29(20-35)42-34-30(32)26(23-12-6-3-7-13-23)19-27(37-34)24-14-8-4-9-15-24/h3-19H,1-2H3. The summed E-state index contributed by atoms with van der Waals surface area (Å²) in [5.74, 6) is 0. The molecule has 200 valence electrons. The van der Waals surface area contributed by atoms with E-state index in [2.05, 4.69) is 24.3 Å². The van der Waals surface area contributed by atoms with Crippen molar-refractivity contribution >= 4 is 38.6 Å². The number of hydrogen-bond acceptors (Lipinski definition) is 7. The van der Waals surface area contributed by atoms with Gasteiger partial charge in [-0.1, -0.05) is 91.0 Å². The summed E-state index contributed by atoms with van der Waals surface area (Å²) >= 11 is 1.33. The summed E-state index contributed by atoms with van der Waals surface area (Å²) in [5.41, 5.74) is 8.97. The van der Waals surface area contributed by atoms with Gasteiger partial charge in [0, 0.05) is 22.2 Å². The van der Waals surface area contributed by atoms with E-state index in [4.69, 9.17) is 25.3 Å². The molecule has 0 N–H and O–H groups in total. The first-order chi connectivity index (χ1) is 20.6. The Morgan fingerprint density at radius 2 is 1.36 bits per heavy atom. The van der Waals surface area contributed by atoms with E-state index in [0.29, 0.717) is 27.6 Å². The molecule has 7 nitrogen and oxygen atoms in total. The molecule has 0 bridgehead atoms. The van der Waals surface area contributed by atoms with Gasteiger partial charge in [0.25, 0.3) is 0 Å². The van der Waals surface area contributed by atoms with E-state index >= 15 is 0 Å². The second kappa shape index (κ2) is 10.5. The van der Waals surface area contributed by atoms with Crippen molar-refractivity contribution in [1.29, 1.82) is 5.26 Å². The Labute approximate surface area is 246 Å². The lowest BCUT2D eigenvalue weighted by Crippen LogP contribution is -1.98. The Morgan fingerprint density at radius 1 is 0.738 bits per heavy atom. The number of fused-ring (bicyclic) bond motifs is 2. The third-order valence-electron chi connectivity index (χ3n) is 7.07. The normalized spacial score (nSPS) is 11.5. The van der Waals surface area contributed by atoms with Gasteiger partial charge in [-0.15, -0.1) is 21.6 Å². The lowest BCUT2D eigenvalue weighted by molar-refractivity contribution is 0.917. The van der Waals surface area contributed by atoms with Crippen molar-refractivity contribution in [1.82, 2.24) is 19.6 Å². The number of azo groups is 1. The summed E-state index contributed by atoms with van der Waals surface area (Å²) in [6, 6.07) is 36.7. The Kier molecular flexibility index (Phi) is 6.34. The maximum Gasteiger partial charge on any atom is 0.184 e. The number of aromatic nitrogens is 4. The fourth-order valence-corrected chi connectivity index (χ4v) is 6.05. The first-order valence-electron chi connectivity index (χ1n) is 13.4. The van der Waals surface area contributed by atoms with Gasteiger partial charge in [0.05, 0.1) is 17.1 Å². The van der Waals surface area contributed by atoms with E-state index in [0.717, 1.165) is 49.6 Å². The van der Waals surface area contributed by atoms with Crippen molar-refractivity contribution < 1.29 is 0 Å². The van der Waals surface area contributed by atoms with Gasteiger partial charge in [-0.2, -0.15) is 10.4 Å². The zero-order valence-corrected chi connectivity index (χ0v) is 23.7. The summed E-state index contributed by atoms with van der Waals surface area (Å²) in [6.07, 6.45) is 0. The molecule has 0 saturated carbocycles. The van der Waals surface area contributed by atoms with Gasteiger partial charge in [0.15, 0.2) is 11.3 Å². The number of thiophene rings is 1. The average molecular weight is 562 g/mol. The molecule has 0 saturated heterocycles. The highest BCUT2D eigenvalue weighted by molar-refractivity contribution is 7.20. The monoisotopic (exact) mass is 561 g/mol. The van der Waals surface area contributed by atoms with E-state index in [-0.39, 0.29) is 0 Å². The van der Waals surface area contributed by atoms with Crippen LogP contribution in [0.1, 0.15) is 16.3 Å². The molecule has 7 rings (SSSR count). The molecule has 7 aromatic rings. The largest absolute Gasteiger partial charge is 0.237 e. The number of pyridine rings is 1. The molecule has 0 fully saturated rings. The highest BCUT2D eigenvalue weighted by Crippen LogP contribution is 2.44. The molecule has 0 aliphatic heterocycles.